The molecule has 7 nitrogen and oxygen atoms in total. The molecule has 8 heteroatoms. The zero-order chi connectivity index (χ0) is 24.1. The number of nitrogens with one attached hydrogen (secondary N) is 1. The topological polar surface area (TPSA) is 78.3 Å². The number of benzene rings is 2. The van der Waals surface area contributed by atoms with E-state index in [1.165, 1.54) is 12.1 Å². The van der Waals surface area contributed by atoms with Crippen LogP contribution in [0.25, 0.3) is 16.9 Å². The van der Waals surface area contributed by atoms with Gasteiger partial charge in [-0.15, -0.1) is 0 Å². The number of hydrogen-bond acceptors (Lipinski definition) is 5. The Bertz CT molecular complexity index is 1250. The van der Waals surface area contributed by atoms with Crippen molar-refractivity contribution in [1.29, 1.82) is 0 Å². The molecule has 1 unspecified atom stereocenters. The fourth-order valence-corrected chi connectivity index (χ4v) is 3.53. The molecule has 2 aromatic carbocycles. The van der Waals surface area contributed by atoms with Crippen molar-refractivity contribution in [2.75, 3.05) is 6.61 Å². The molecular formula is C26H27FN4O3. The van der Waals surface area contributed by atoms with Crippen molar-refractivity contribution in [2.45, 2.75) is 39.0 Å². The molecule has 2 aromatic heterocycles. The van der Waals surface area contributed by atoms with Crippen LogP contribution in [0.15, 0.2) is 72.9 Å². The third-order valence-corrected chi connectivity index (χ3v) is 4.92. The van der Waals surface area contributed by atoms with E-state index in [2.05, 4.69) is 10.3 Å². The van der Waals surface area contributed by atoms with E-state index in [-0.39, 0.29) is 6.61 Å². The number of halogens is 1. The van der Waals surface area contributed by atoms with E-state index in [0.717, 1.165) is 5.56 Å². The van der Waals surface area contributed by atoms with Gasteiger partial charge >= 0.3 is 6.09 Å². The highest BCUT2D eigenvalue weighted by Gasteiger charge is 2.26. The van der Waals surface area contributed by atoms with Crippen LogP contribution in [0.4, 0.5) is 9.18 Å². The van der Waals surface area contributed by atoms with Crippen LogP contribution in [0, 0.1) is 5.82 Å². The number of alkyl carbamates (subject to hydrolysis) is 1. The molecule has 1 atom stereocenters. The van der Waals surface area contributed by atoms with Crippen LogP contribution in [0.1, 0.15) is 38.2 Å². The molecule has 34 heavy (non-hydrogen) atoms. The fraction of sp³-hybridized carbons (Fsp3) is 0.269. The first kappa shape index (κ1) is 23.4. The summed E-state index contributed by atoms with van der Waals surface area (Å²) in [6.45, 7) is 5.84. The van der Waals surface area contributed by atoms with Crippen LogP contribution in [0.2, 0.25) is 0 Å². The summed E-state index contributed by atoms with van der Waals surface area (Å²) in [6.07, 6.45) is 1.04. The first-order valence-corrected chi connectivity index (χ1v) is 11.0. The second kappa shape index (κ2) is 10.0. The molecule has 0 aliphatic heterocycles. The van der Waals surface area contributed by atoms with E-state index < -0.39 is 23.6 Å². The van der Waals surface area contributed by atoms with Crippen LogP contribution < -0.4 is 5.32 Å². The lowest BCUT2D eigenvalue weighted by Crippen LogP contribution is -2.37. The molecule has 0 aliphatic carbocycles. The quantitative estimate of drug-likeness (QED) is 0.401. The van der Waals surface area contributed by atoms with Crippen molar-refractivity contribution in [3.05, 3.63) is 90.1 Å². The molecule has 0 saturated heterocycles. The number of rotatable bonds is 7. The maximum atomic E-state index is 14.2. The Hall–Kier alpha value is -3.78. The molecule has 4 rings (SSSR count). The smallest absolute Gasteiger partial charge is 0.408 e. The number of pyridine rings is 1. The molecule has 0 aliphatic rings. The van der Waals surface area contributed by atoms with Gasteiger partial charge in [0, 0.05) is 12.3 Å². The van der Waals surface area contributed by atoms with Crippen LogP contribution >= 0.6 is 0 Å². The highest BCUT2D eigenvalue weighted by atomic mass is 19.1. The summed E-state index contributed by atoms with van der Waals surface area (Å²) in [4.78, 5) is 21.8. The molecule has 2 heterocycles. The van der Waals surface area contributed by atoms with E-state index in [4.69, 9.17) is 14.5 Å². The lowest BCUT2D eigenvalue weighted by Gasteiger charge is -2.24. The van der Waals surface area contributed by atoms with Crippen molar-refractivity contribution in [3.8, 4) is 5.82 Å². The lowest BCUT2D eigenvalue weighted by molar-refractivity contribution is 0.0419. The predicted octanol–water partition coefficient (Wildman–Crippen LogP) is 5.34. The highest BCUT2D eigenvalue weighted by molar-refractivity contribution is 5.78. The Morgan fingerprint density at radius 1 is 1.09 bits per heavy atom. The van der Waals surface area contributed by atoms with Gasteiger partial charge in [0.2, 0.25) is 0 Å². The Kier molecular flexibility index (Phi) is 6.88. The fourth-order valence-electron chi connectivity index (χ4n) is 3.53. The normalized spacial score (nSPS) is 12.5. The van der Waals surface area contributed by atoms with Crippen LogP contribution in [0.3, 0.4) is 0 Å². The van der Waals surface area contributed by atoms with Gasteiger partial charge in [0.1, 0.15) is 29.1 Å². The molecule has 0 spiro atoms. The van der Waals surface area contributed by atoms with Crippen molar-refractivity contribution in [1.82, 2.24) is 19.9 Å². The summed E-state index contributed by atoms with van der Waals surface area (Å²) < 4.78 is 27.3. The van der Waals surface area contributed by atoms with Crippen molar-refractivity contribution in [2.24, 2.45) is 0 Å². The lowest BCUT2D eigenvalue weighted by atomic mass is 10.2. The molecule has 4 aromatic rings. The van der Waals surface area contributed by atoms with Gasteiger partial charge in [0.25, 0.3) is 0 Å². The Balaban J connectivity index is 1.72. The van der Waals surface area contributed by atoms with Gasteiger partial charge in [0.15, 0.2) is 0 Å². The predicted molar refractivity (Wildman–Crippen MR) is 127 cm³/mol. The number of fused-ring (bicyclic) bond motifs is 1. The van der Waals surface area contributed by atoms with Gasteiger partial charge < -0.3 is 14.8 Å². The van der Waals surface area contributed by atoms with E-state index in [1.807, 2.05) is 36.4 Å². The van der Waals surface area contributed by atoms with Crippen LogP contribution in [-0.2, 0) is 16.1 Å². The average molecular weight is 463 g/mol. The summed E-state index contributed by atoms with van der Waals surface area (Å²) in [5, 5.41) is 2.87. The maximum absolute atomic E-state index is 14.2. The molecular weight excluding hydrogens is 435 g/mol. The minimum atomic E-state index is -0.684. The minimum absolute atomic E-state index is 0.118. The van der Waals surface area contributed by atoms with Crippen LogP contribution in [-0.4, -0.2) is 32.8 Å². The minimum Gasteiger partial charge on any atom is -0.444 e. The first-order chi connectivity index (χ1) is 16.3. The number of imidazole rings is 1. The maximum Gasteiger partial charge on any atom is 0.408 e. The number of ether oxygens (including phenoxy) is 2. The van der Waals surface area contributed by atoms with Gasteiger partial charge in [-0.2, -0.15) is 0 Å². The molecule has 0 radical (unpaired) electrons. The van der Waals surface area contributed by atoms with Gasteiger partial charge in [-0.1, -0.05) is 36.4 Å². The second-order valence-corrected chi connectivity index (χ2v) is 8.83. The SMILES string of the molecule is CC(C)(C)OC(=O)NC(COCc1ccccc1)c1nc2ccc(F)cc2n1-c1ccccn1. The molecule has 1 N–H and O–H groups in total. The summed E-state index contributed by atoms with van der Waals surface area (Å²) in [6, 6.07) is 18.8. The zero-order valence-corrected chi connectivity index (χ0v) is 19.4. The van der Waals surface area contributed by atoms with E-state index in [1.54, 1.807) is 49.7 Å². The molecule has 0 fully saturated rings. The molecule has 1 amide bonds. The van der Waals surface area contributed by atoms with E-state index in [9.17, 15) is 9.18 Å². The summed E-state index contributed by atoms with van der Waals surface area (Å²) in [5.41, 5.74) is 1.43. The Labute approximate surface area is 197 Å². The Morgan fingerprint density at radius 3 is 2.56 bits per heavy atom. The van der Waals surface area contributed by atoms with Crippen LogP contribution in [0.5, 0.6) is 0 Å². The third-order valence-electron chi connectivity index (χ3n) is 4.92. The average Bonchev–Trinajstić information content (AvgIpc) is 3.17. The Morgan fingerprint density at radius 2 is 1.85 bits per heavy atom. The summed E-state index contributed by atoms with van der Waals surface area (Å²) >= 11 is 0. The third kappa shape index (κ3) is 5.77. The second-order valence-electron chi connectivity index (χ2n) is 8.83. The van der Waals surface area contributed by atoms with Crippen molar-refractivity contribution >= 4 is 17.1 Å². The summed E-state index contributed by atoms with van der Waals surface area (Å²) in [7, 11) is 0. The highest BCUT2D eigenvalue weighted by Crippen LogP contribution is 2.26. The van der Waals surface area contributed by atoms with Gasteiger partial charge in [-0.25, -0.2) is 19.2 Å². The van der Waals surface area contributed by atoms with E-state index >= 15 is 0 Å². The summed E-state index contributed by atoms with van der Waals surface area (Å²) in [5.74, 6) is 0.607. The number of carbonyl (C=O) groups excluding carboxylic acids is 1. The van der Waals surface area contributed by atoms with Crippen molar-refractivity contribution in [3.63, 3.8) is 0 Å². The zero-order valence-electron chi connectivity index (χ0n) is 19.4. The molecule has 176 valence electrons. The largest absolute Gasteiger partial charge is 0.444 e. The number of carbonyl (C=O) groups is 1. The molecule has 0 bridgehead atoms. The van der Waals surface area contributed by atoms with Gasteiger partial charge in [-0.3, -0.25) is 4.57 Å². The number of amides is 1. The van der Waals surface area contributed by atoms with E-state index in [0.29, 0.717) is 29.3 Å². The van der Waals surface area contributed by atoms with Gasteiger partial charge in [-0.05, 0) is 50.6 Å². The number of aromatic nitrogens is 3. The van der Waals surface area contributed by atoms with Gasteiger partial charge in [0.05, 0.1) is 24.2 Å². The number of nitrogens with zero attached hydrogens (tertiary/aromatic N) is 3. The van der Waals surface area contributed by atoms with Crippen molar-refractivity contribution < 1.29 is 18.7 Å². The standard InChI is InChI=1S/C26H27FN4O3/c1-26(2,3)34-25(32)30-21(17-33-16-18-9-5-4-6-10-18)24-29-20-13-12-19(27)15-22(20)31(24)23-11-7-8-14-28-23/h4-15,21H,16-17H2,1-3H3,(H,30,32). The number of hydrogen-bond donors (Lipinski definition) is 1. The first-order valence-electron chi connectivity index (χ1n) is 11.0. The molecule has 0 saturated carbocycles. The monoisotopic (exact) mass is 462 g/mol.